The highest BCUT2D eigenvalue weighted by Crippen LogP contribution is 2.33. The Bertz CT molecular complexity index is 1360. The van der Waals surface area contributed by atoms with Crippen LogP contribution in [0.1, 0.15) is 24.0 Å². The molecule has 1 aliphatic heterocycles. The van der Waals surface area contributed by atoms with E-state index < -0.39 is 6.67 Å². The second-order valence-corrected chi connectivity index (χ2v) is 9.89. The first-order valence-electron chi connectivity index (χ1n) is 11.9. The van der Waals surface area contributed by atoms with Crippen molar-refractivity contribution >= 4 is 38.6 Å². The van der Waals surface area contributed by atoms with Gasteiger partial charge in [-0.2, -0.15) is 0 Å². The number of amides is 1. The standard InChI is InChI=1S/C28H27BrFN3O3/c1-35-22-7-8-23(24(29)15-22)28-32-25-9-6-21(14-26(25)36-28)31-27(34)20-10-12-33(13-11-20)17-19-4-2-18(16-30)3-5-19/h2-9,14-15,20H,10-13,16-17H2,1H3,(H,31,34). The summed E-state index contributed by atoms with van der Waals surface area (Å²) in [4.78, 5) is 19.9. The molecule has 0 aliphatic carbocycles. The number of rotatable bonds is 7. The summed E-state index contributed by atoms with van der Waals surface area (Å²) in [7, 11) is 1.62. The molecule has 6 nitrogen and oxygen atoms in total. The third-order valence-electron chi connectivity index (χ3n) is 6.60. The van der Waals surface area contributed by atoms with Crippen molar-refractivity contribution in [1.82, 2.24) is 9.88 Å². The Morgan fingerprint density at radius 1 is 1.11 bits per heavy atom. The van der Waals surface area contributed by atoms with Crippen molar-refractivity contribution in [3.8, 4) is 17.2 Å². The number of halogens is 2. The van der Waals surface area contributed by atoms with Crippen molar-refractivity contribution in [1.29, 1.82) is 0 Å². The summed E-state index contributed by atoms with van der Waals surface area (Å²) < 4.78 is 24.8. The number of aromatic nitrogens is 1. The summed E-state index contributed by atoms with van der Waals surface area (Å²) in [5.74, 6) is 1.23. The summed E-state index contributed by atoms with van der Waals surface area (Å²) >= 11 is 3.55. The Balaban J connectivity index is 1.19. The van der Waals surface area contributed by atoms with Crippen LogP contribution in [-0.4, -0.2) is 36.0 Å². The number of carbonyl (C=O) groups is 1. The molecule has 0 bridgehead atoms. The Morgan fingerprint density at radius 3 is 2.56 bits per heavy atom. The maximum absolute atomic E-state index is 12.9. The molecule has 0 spiro atoms. The number of nitrogens with zero attached hydrogens (tertiary/aromatic N) is 2. The number of hydrogen-bond acceptors (Lipinski definition) is 5. The van der Waals surface area contributed by atoms with E-state index in [0.29, 0.717) is 22.7 Å². The molecule has 1 N–H and O–H groups in total. The molecule has 0 saturated carbocycles. The molecule has 0 unspecified atom stereocenters. The topological polar surface area (TPSA) is 67.6 Å². The number of fused-ring (bicyclic) bond motifs is 1. The van der Waals surface area contributed by atoms with Crippen LogP contribution in [-0.2, 0) is 18.0 Å². The third-order valence-corrected chi connectivity index (χ3v) is 7.26. The molecule has 36 heavy (non-hydrogen) atoms. The fraction of sp³-hybridized carbons (Fsp3) is 0.286. The number of likely N-dealkylation sites (tertiary alicyclic amines) is 1. The number of carbonyl (C=O) groups excluding carboxylic acids is 1. The van der Waals surface area contributed by atoms with Gasteiger partial charge in [-0.3, -0.25) is 9.69 Å². The maximum Gasteiger partial charge on any atom is 0.228 e. The predicted molar refractivity (Wildman–Crippen MR) is 142 cm³/mol. The highest BCUT2D eigenvalue weighted by Gasteiger charge is 2.25. The van der Waals surface area contributed by atoms with E-state index in [4.69, 9.17) is 9.15 Å². The molecule has 0 radical (unpaired) electrons. The van der Waals surface area contributed by atoms with Gasteiger partial charge in [0.15, 0.2) is 5.58 Å². The molecule has 1 aliphatic rings. The number of ether oxygens (including phenoxy) is 1. The van der Waals surface area contributed by atoms with Gasteiger partial charge in [0.2, 0.25) is 11.8 Å². The van der Waals surface area contributed by atoms with E-state index in [1.54, 1.807) is 7.11 Å². The molecular weight excluding hydrogens is 525 g/mol. The van der Waals surface area contributed by atoms with E-state index in [1.807, 2.05) is 60.7 Å². The lowest BCUT2D eigenvalue weighted by Crippen LogP contribution is -2.37. The predicted octanol–water partition coefficient (Wildman–Crippen LogP) is 6.59. The number of nitrogens with one attached hydrogen (secondary N) is 1. The normalized spacial score (nSPS) is 14.8. The first-order valence-corrected chi connectivity index (χ1v) is 12.7. The van der Waals surface area contributed by atoms with Crippen LogP contribution >= 0.6 is 15.9 Å². The molecule has 186 valence electrons. The molecule has 1 saturated heterocycles. The van der Waals surface area contributed by atoms with Crippen molar-refractivity contribution in [2.45, 2.75) is 26.1 Å². The van der Waals surface area contributed by atoms with Crippen molar-refractivity contribution in [2.75, 3.05) is 25.5 Å². The number of hydrogen-bond donors (Lipinski definition) is 1. The lowest BCUT2D eigenvalue weighted by Gasteiger charge is -2.31. The van der Waals surface area contributed by atoms with Crippen molar-refractivity contribution in [2.24, 2.45) is 5.92 Å². The largest absolute Gasteiger partial charge is 0.497 e. The summed E-state index contributed by atoms with van der Waals surface area (Å²) in [6, 6.07) is 18.8. The first-order chi connectivity index (χ1) is 17.5. The Kier molecular flexibility index (Phi) is 7.34. The quantitative estimate of drug-likeness (QED) is 0.280. The summed E-state index contributed by atoms with van der Waals surface area (Å²) in [6.45, 7) is 2.08. The zero-order valence-corrected chi connectivity index (χ0v) is 21.6. The number of benzene rings is 3. The van der Waals surface area contributed by atoms with Gasteiger partial charge in [-0.25, -0.2) is 9.37 Å². The van der Waals surface area contributed by atoms with Gasteiger partial charge in [0, 0.05) is 28.7 Å². The number of methoxy groups -OCH3 is 1. The monoisotopic (exact) mass is 551 g/mol. The lowest BCUT2D eigenvalue weighted by molar-refractivity contribution is -0.121. The number of oxazole rings is 1. The SMILES string of the molecule is COc1ccc(-c2nc3ccc(NC(=O)C4CCN(Cc5ccc(CF)cc5)CC4)cc3o2)c(Br)c1. The minimum Gasteiger partial charge on any atom is -0.497 e. The van der Waals surface area contributed by atoms with Gasteiger partial charge in [-0.05, 0) is 83.3 Å². The second kappa shape index (κ2) is 10.8. The third kappa shape index (κ3) is 5.44. The summed E-state index contributed by atoms with van der Waals surface area (Å²) in [5.41, 5.74) is 4.71. The Labute approximate surface area is 217 Å². The molecule has 4 aromatic rings. The van der Waals surface area contributed by atoms with Crippen LogP contribution in [0.5, 0.6) is 5.75 Å². The molecule has 1 aromatic heterocycles. The minimum absolute atomic E-state index is 0.0268. The van der Waals surface area contributed by atoms with E-state index >= 15 is 0 Å². The van der Waals surface area contributed by atoms with Crippen LogP contribution in [0.2, 0.25) is 0 Å². The van der Waals surface area contributed by atoms with Crippen LogP contribution in [0.3, 0.4) is 0 Å². The van der Waals surface area contributed by atoms with Crippen molar-refractivity contribution in [3.63, 3.8) is 0 Å². The fourth-order valence-corrected chi connectivity index (χ4v) is 5.03. The molecule has 8 heteroatoms. The van der Waals surface area contributed by atoms with E-state index in [-0.39, 0.29) is 11.8 Å². The van der Waals surface area contributed by atoms with Gasteiger partial charge >= 0.3 is 0 Å². The summed E-state index contributed by atoms with van der Waals surface area (Å²) in [5, 5.41) is 3.05. The van der Waals surface area contributed by atoms with Gasteiger partial charge in [-0.15, -0.1) is 0 Å². The highest BCUT2D eigenvalue weighted by molar-refractivity contribution is 9.10. The fourth-order valence-electron chi connectivity index (χ4n) is 4.50. The van der Waals surface area contributed by atoms with Gasteiger partial charge < -0.3 is 14.5 Å². The van der Waals surface area contributed by atoms with Crippen LogP contribution < -0.4 is 10.1 Å². The zero-order valence-electron chi connectivity index (χ0n) is 20.0. The van der Waals surface area contributed by atoms with E-state index in [1.165, 1.54) is 0 Å². The average molecular weight is 552 g/mol. The van der Waals surface area contributed by atoms with E-state index in [2.05, 4.69) is 31.1 Å². The van der Waals surface area contributed by atoms with E-state index in [9.17, 15) is 9.18 Å². The highest BCUT2D eigenvalue weighted by atomic mass is 79.9. The zero-order chi connectivity index (χ0) is 25.1. The van der Waals surface area contributed by atoms with E-state index in [0.717, 1.165) is 59.3 Å². The van der Waals surface area contributed by atoms with Crippen LogP contribution in [0.4, 0.5) is 10.1 Å². The first kappa shape index (κ1) is 24.5. The van der Waals surface area contributed by atoms with Gasteiger partial charge in [0.25, 0.3) is 0 Å². The molecule has 1 amide bonds. The second-order valence-electron chi connectivity index (χ2n) is 9.04. The Morgan fingerprint density at radius 2 is 1.86 bits per heavy atom. The van der Waals surface area contributed by atoms with Crippen molar-refractivity contribution in [3.05, 3.63) is 76.3 Å². The average Bonchev–Trinajstić information content (AvgIpc) is 3.32. The van der Waals surface area contributed by atoms with Gasteiger partial charge in [-0.1, -0.05) is 24.3 Å². The number of piperidine rings is 1. The molecule has 1 fully saturated rings. The molecule has 2 heterocycles. The van der Waals surface area contributed by atoms with Crippen molar-refractivity contribution < 1.29 is 18.3 Å². The number of anilines is 1. The van der Waals surface area contributed by atoms with Crippen LogP contribution in [0.25, 0.3) is 22.6 Å². The van der Waals surface area contributed by atoms with Crippen LogP contribution in [0, 0.1) is 5.92 Å². The number of alkyl halides is 1. The maximum atomic E-state index is 12.9. The molecule has 0 atom stereocenters. The minimum atomic E-state index is -0.439. The lowest BCUT2D eigenvalue weighted by atomic mass is 9.95. The molecule has 5 rings (SSSR count). The summed E-state index contributed by atoms with van der Waals surface area (Å²) in [6.07, 6.45) is 1.60. The van der Waals surface area contributed by atoms with Gasteiger partial charge in [0.1, 0.15) is 17.9 Å². The van der Waals surface area contributed by atoms with Crippen LogP contribution in [0.15, 0.2) is 69.6 Å². The molecular formula is C28H27BrFN3O3. The van der Waals surface area contributed by atoms with Gasteiger partial charge in [0.05, 0.1) is 12.7 Å². The molecule has 3 aromatic carbocycles. The smallest absolute Gasteiger partial charge is 0.228 e. The Hall–Kier alpha value is -3.23.